The summed E-state index contributed by atoms with van der Waals surface area (Å²) in [7, 11) is 3.45. The first-order valence-corrected chi connectivity index (χ1v) is 12.2. The first kappa shape index (κ1) is 24.0. The van der Waals surface area contributed by atoms with Crippen molar-refractivity contribution in [2.24, 2.45) is 14.1 Å². The summed E-state index contributed by atoms with van der Waals surface area (Å²) in [4.78, 5) is 19.8. The average Bonchev–Trinajstić information content (AvgIpc) is 3.59. The third-order valence-corrected chi connectivity index (χ3v) is 7.28. The van der Waals surface area contributed by atoms with E-state index in [1.165, 1.54) is 17.9 Å². The first-order chi connectivity index (χ1) is 18.1. The van der Waals surface area contributed by atoms with Crippen LogP contribution in [0.4, 0.5) is 18.9 Å². The molecule has 0 saturated heterocycles. The molecule has 0 saturated carbocycles. The highest BCUT2D eigenvalue weighted by molar-refractivity contribution is 6.13. The second-order valence-electron chi connectivity index (χ2n) is 9.73. The van der Waals surface area contributed by atoms with Crippen LogP contribution in [0, 0.1) is 6.92 Å². The average molecular weight is 519 g/mol. The van der Waals surface area contributed by atoms with Gasteiger partial charge in [0.05, 0.1) is 17.5 Å². The molecule has 0 N–H and O–H groups in total. The van der Waals surface area contributed by atoms with Crippen molar-refractivity contribution in [3.05, 3.63) is 89.4 Å². The molecule has 0 fully saturated rings. The van der Waals surface area contributed by atoms with E-state index in [4.69, 9.17) is 0 Å². The van der Waals surface area contributed by atoms with Gasteiger partial charge in [-0.15, -0.1) is 0 Å². The molecule has 3 aromatic heterocycles. The van der Waals surface area contributed by atoms with E-state index in [0.29, 0.717) is 41.8 Å². The number of aromatic nitrogens is 5. The molecule has 38 heavy (non-hydrogen) atoms. The molecule has 0 spiro atoms. The number of halogens is 3. The van der Waals surface area contributed by atoms with Gasteiger partial charge < -0.3 is 14.0 Å². The van der Waals surface area contributed by atoms with Crippen LogP contribution in [0.3, 0.4) is 0 Å². The molecule has 1 amide bonds. The molecule has 6 rings (SSSR count). The van der Waals surface area contributed by atoms with Gasteiger partial charge in [-0.1, -0.05) is 6.07 Å². The van der Waals surface area contributed by atoms with E-state index in [0.717, 1.165) is 22.3 Å². The highest BCUT2D eigenvalue weighted by Gasteiger charge is 2.39. The molecule has 0 aliphatic carbocycles. The van der Waals surface area contributed by atoms with E-state index in [9.17, 15) is 18.0 Å². The number of fused-ring (bicyclic) bond motifs is 2. The predicted molar refractivity (Wildman–Crippen MR) is 138 cm³/mol. The molecule has 0 radical (unpaired) electrons. The normalized spacial score (nSPS) is 13.9. The summed E-state index contributed by atoms with van der Waals surface area (Å²) in [5.41, 5.74) is 4.00. The van der Waals surface area contributed by atoms with Crippen molar-refractivity contribution in [1.29, 1.82) is 0 Å². The topological polar surface area (TPSA) is 60.9 Å². The van der Waals surface area contributed by atoms with Crippen LogP contribution in [0.1, 0.15) is 32.9 Å². The number of rotatable bonds is 4. The van der Waals surface area contributed by atoms with Gasteiger partial charge in [-0.2, -0.15) is 18.3 Å². The van der Waals surface area contributed by atoms with Gasteiger partial charge in [0.15, 0.2) is 5.69 Å². The number of aryl methyl sites for hydroxylation is 3. The highest BCUT2D eigenvalue weighted by Crippen LogP contribution is 2.41. The first-order valence-electron chi connectivity index (χ1n) is 12.2. The third-order valence-electron chi connectivity index (χ3n) is 7.28. The zero-order valence-corrected chi connectivity index (χ0v) is 21.1. The maximum atomic E-state index is 14.0. The van der Waals surface area contributed by atoms with E-state index in [-0.39, 0.29) is 11.5 Å². The van der Waals surface area contributed by atoms with Gasteiger partial charge in [-0.25, -0.2) is 4.98 Å². The summed E-state index contributed by atoms with van der Waals surface area (Å²) in [6.07, 6.45) is 2.21. The van der Waals surface area contributed by atoms with Crippen LogP contribution in [0.2, 0.25) is 0 Å². The Kier molecular flexibility index (Phi) is 5.44. The molecule has 2 aromatic carbocycles. The quantitative estimate of drug-likeness (QED) is 0.322. The van der Waals surface area contributed by atoms with Crippen molar-refractivity contribution in [3.63, 3.8) is 0 Å². The zero-order valence-electron chi connectivity index (χ0n) is 21.1. The van der Waals surface area contributed by atoms with Crippen LogP contribution in [0.5, 0.6) is 0 Å². The number of nitrogens with zero attached hydrogens (tertiary/aromatic N) is 6. The zero-order chi connectivity index (χ0) is 26.8. The van der Waals surface area contributed by atoms with Crippen molar-refractivity contribution >= 4 is 22.5 Å². The fourth-order valence-corrected chi connectivity index (χ4v) is 5.42. The molecule has 0 unspecified atom stereocenters. The lowest BCUT2D eigenvalue weighted by molar-refractivity contribution is -0.140. The van der Waals surface area contributed by atoms with Gasteiger partial charge in [0.25, 0.3) is 5.91 Å². The van der Waals surface area contributed by atoms with Crippen molar-refractivity contribution in [1.82, 2.24) is 23.9 Å². The molecule has 5 aromatic rings. The number of hydrogen-bond donors (Lipinski definition) is 0. The monoisotopic (exact) mass is 518 g/mol. The molecular weight excluding hydrogens is 493 g/mol. The third kappa shape index (κ3) is 3.87. The highest BCUT2D eigenvalue weighted by atomic mass is 19.4. The molecule has 10 heteroatoms. The Labute approximate surface area is 216 Å². The largest absolute Gasteiger partial charge is 0.435 e. The molecule has 7 nitrogen and oxygen atoms in total. The second kappa shape index (κ2) is 8.61. The standard InChI is InChI=1S/C28H25F3N6O/c1-17-11-22-24(35(17)3)5-4-6-25(22)37-9-7-19-20(23-15-34(2)33-26(23)28(29,30)31)12-18(13-21(19)27(37)38)14-36-10-8-32-16-36/h4-6,8,10-13,15-16H,7,9,14H2,1-3H3. The summed E-state index contributed by atoms with van der Waals surface area (Å²) < 4.78 is 46.9. The van der Waals surface area contributed by atoms with E-state index >= 15 is 0 Å². The Hall–Kier alpha value is -4.34. The molecule has 1 aliphatic heterocycles. The Balaban J connectivity index is 1.52. The maximum absolute atomic E-state index is 14.0. The SMILES string of the molecule is Cc1cc2c(N3CCc4c(cc(Cn5ccnc5)cc4-c4cn(C)nc4C(F)(F)F)C3=O)cccc2n1C. The van der Waals surface area contributed by atoms with Crippen LogP contribution in [0.15, 0.2) is 61.3 Å². The fourth-order valence-electron chi connectivity index (χ4n) is 5.42. The predicted octanol–water partition coefficient (Wildman–Crippen LogP) is 5.35. The lowest BCUT2D eigenvalue weighted by Gasteiger charge is -2.31. The minimum absolute atomic E-state index is 0.0224. The van der Waals surface area contributed by atoms with Gasteiger partial charge in [0.2, 0.25) is 0 Å². The van der Waals surface area contributed by atoms with Crippen LogP contribution in [0.25, 0.3) is 22.0 Å². The van der Waals surface area contributed by atoms with E-state index in [1.54, 1.807) is 35.8 Å². The molecule has 4 heterocycles. The minimum atomic E-state index is -4.63. The molecular formula is C28H25F3N6O. The van der Waals surface area contributed by atoms with Crippen molar-refractivity contribution < 1.29 is 18.0 Å². The molecule has 1 aliphatic rings. The molecule has 0 bridgehead atoms. The summed E-state index contributed by atoms with van der Waals surface area (Å²) in [5.74, 6) is -0.230. The smallest absolute Gasteiger partial charge is 0.348 e. The van der Waals surface area contributed by atoms with E-state index < -0.39 is 11.9 Å². The number of benzene rings is 2. The summed E-state index contributed by atoms with van der Waals surface area (Å²) in [6, 6.07) is 11.5. The minimum Gasteiger partial charge on any atom is -0.348 e. The van der Waals surface area contributed by atoms with Crippen molar-refractivity contribution in [2.75, 3.05) is 11.4 Å². The Morgan fingerprint density at radius 2 is 1.84 bits per heavy atom. The lowest BCUT2D eigenvalue weighted by Crippen LogP contribution is -2.38. The Bertz CT molecular complexity index is 1690. The van der Waals surface area contributed by atoms with Crippen LogP contribution >= 0.6 is 0 Å². The van der Waals surface area contributed by atoms with Gasteiger partial charge >= 0.3 is 6.18 Å². The van der Waals surface area contributed by atoms with Crippen LogP contribution in [-0.4, -0.2) is 36.4 Å². The Morgan fingerprint density at radius 3 is 2.58 bits per heavy atom. The van der Waals surface area contributed by atoms with Crippen LogP contribution < -0.4 is 4.90 Å². The number of carbonyl (C=O) groups is 1. The van der Waals surface area contributed by atoms with Gasteiger partial charge in [-0.3, -0.25) is 9.48 Å². The number of amides is 1. The second-order valence-corrected chi connectivity index (χ2v) is 9.73. The number of anilines is 1. The van der Waals surface area contributed by atoms with Gasteiger partial charge in [0.1, 0.15) is 0 Å². The number of carbonyl (C=O) groups excluding carboxylic acids is 1. The van der Waals surface area contributed by atoms with Crippen molar-refractivity contribution in [3.8, 4) is 11.1 Å². The summed E-state index contributed by atoms with van der Waals surface area (Å²) in [5, 5.41) is 4.68. The Morgan fingerprint density at radius 1 is 1.05 bits per heavy atom. The summed E-state index contributed by atoms with van der Waals surface area (Å²) >= 11 is 0. The van der Waals surface area contributed by atoms with E-state index in [1.807, 2.05) is 36.7 Å². The summed E-state index contributed by atoms with van der Waals surface area (Å²) in [6.45, 7) is 2.73. The number of alkyl halides is 3. The molecule has 0 atom stereocenters. The van der Waals surface area contributed by atoms with Crippen molar-refractivity contribution in [2.45, 2.75) is 26.1 Å². The van der Waals surface area contributed by atoms with E-state index in [2.05, 4.69) is 20.7 Å². The van der Waals surface area contributed by atoms with Crippen LogP contribution in [-0.2, 0) is 33.2 Å². The lowest BCUT2D eigenvalue weighted by atomic mass is 9.88. The van der Waals surface area contributed by atoms with Gasteiger partial charge in [-0.05, 0) is 60.4 Å². The number of imidazole rings is 1. The van der Waals surface area contributed by atoms with Gasteiger partial charge in [0, 0.05) is 68.0 Å². The fraction of sp³-hybridized carbons (Fsp3) is 0.250. The number of hydrogen-bond acceptors (Lipinski definition) is 3. The maximum Gasteiger partial charge on any atom is 0.435 e. The molecule has 194 valence electrons.